The first-order valence-electron chi connectivity index (χ1n) is 13.3. The van der Waals surface area contributed by atoms with Crippen LogP contribution in [0.5, 0.6) is 11.5 Å². The molecular formula is C33H31N5OS. The molecule has 0 radical (unpaired) electrons. The maximum Gasteiger partial charge on any atom is 0.174 e. The molecule has 40 heavy (non-hydrogen) atoms. The quantitative estimate of drug-likeness (QED) is 0.218. The standard InChI is InChI=1S/C33H31N5OS/c1-23-9-4-5-12-30(23)39-27-19-17-26(18-20-27)38-32(31(35-33(38)40)28-10-6-7-21-34-28)29-11-8-22-37(29)25-15-13-24(14-16-25)36(2)3/h4-22,31-32H,1-3H3,(H,35,40)/t31-,32-/m1/s1. The molecule has 2 aromatic heterocycles. The lowest BCUT2D eigenvalue weighted by molar-refractivity contribution is 0.479. The summed E-state index contributed by atoms with van der Waals surface area (Å²) in [7, 11) is 4.10. The van der Waals surface area contributed by atoms with Gasteiger partial charge in [0.15, 0.2) is 5.11 Å². The summed E-state index contributed by atoms with van der Waals surface area (Å²) in [5.41, 5.74) is 6.36. The Hall–Kier alpha value is -4.62. The van der Waals surface area contributed by atoms with Crippen LogP contribution in [0.2, 0.25) is 0 Å². The molecule has 0 unspecified atom stereocenters. The molecular weight excluding hydrogens is 514 g/mol. The van der Waals surface area contributed by atoms with Gasteiger partial charge in [-0.2, -0.15) is 0 Å². The lowest BCUT2D eigenvalue weighted by Crippen LogP contribution is -2.30. The van der Waals surface area contributed by atoms with Crippen molar-refractivity contribution in [3.05, 3.63) is 132 Å². The van der Waals surface area contributed by atoms with E-state index in [4.69, 9.17) is 21.9 Å². The summed E-state index contributed by atoms with van der Waals surface area (Å²) in [4.78, 5) is 8.99. The third-order valence-corrected chi connectivity index (χ3v) is 7.58. The van der Waals surface area contributed by atoms with E-state index in [1.54, 1.807) is 0 Å². The lowest BCUT2D eigenvalue weighted by atomic mass is 10.0. The number of ether oxygens (including phenoxy) is 1. The monoisotopic (exact) mass is 545 g/mol. The van der Waals surface area contributed by atoms with Crippen molar-refractivity contribution in [1.82, 2.24) is 14.9 Å². The Morgan fingerprint density at radius 2 is 1.55 bits per heavy atom. The van der Waals surface area contributed by atoms with Crippen LogP contribution in [-0.4, -0.2) is 28.8 Å². The van der Waals surface area contributed by atoms with Gasteiger partial charge in [-0.3, -0.25) is 4.98 Å². The summed E-state index contributed by atoms with van der Waals surface area (Å²) in [6.45, 7) is 2.05. The molecule has 1 N–H and O–H groups in total. The minimum Gasteiger partial charge on any atom is -0.457 e. The number of hydrogen-bond donors (Lipinski definition) is 1. The maximum absolute atomic E-state index is 6.16. The van der Waals surface area contributed by atoms with Crippen LogP contribution in [0.25, 0.3) is 5.69 Å². The first-order chi connectivity index (χ1) is 19.5. The average Bonchev–Trinajstić information content (AvgIpc) is 3.59. The van der Waals surface area contributed by atoms with Gasteiger partial charge in [0, 0.05) is 49.2 Å². The maximum atomic E-state index is 6.16. The number of aromatic nitrogens is 2. The Kier molecular flexibility index (Phi) is 6.97. The highest BCUT2D eigenvalue weighted by Crippen LogP contribution is 2.42. The fourth-order valence-corrected chi connectivity index (χ4v) is 5.53. The van der Waals surface area contributed by atoms with Gasteiger partial charge in [0.25, 0.3) is 0 Å². The first kappa shape index (κ1) is 25.6. The predicted octanol–water partition coefficient (Wildman–Crippen LogP) is 7.22. The third kappa shape index (κ3) is 4.92. The van der Waals surface area contributed by atoms with E-state index < -0.39 is 0 Å². The Labute approximate surface area is 240 Å². The van der Waals surface area contributed by atoms with Gasteiger partial charge in [0.2, 0.25) is 0 Å². The molecule has 3 heterocycles. The van der Waals surface area contributed by atoms with Crippen LogP contribution in [0.15, 0.2) is 116 Å². The molecule has 1 aliphatic rings. The second-order valence-corrected chi connectivity index (χ2v) is 10.5. The zero-order valence-corrected chi connectivity index (χ0v) is 23.5. The largest absolute Gasteiger partial charge is 0.457 e. The summed E-state index contributed by atoms with van der Waals surface area (Å²) in [5.74, 6) is 1.62. The fourth-order valence-electron chi connectivity index (χ4n) is 5.19. The van der Waals surface area contributed by atoms with Crippen LogP contribution in [0.3, 0.4) is 0 Å². The number of nitrogens with one attached hydrogen (secondary N) is 1. The molecule has 0 amide bonds. The summed E-state index contributed by atoms with van der Waals surface area (Å²) >= 11 is 5.95. The Morgan fingerprint density at radius 3 is 2.25 bits per heavy atom. The van der Waals surface area contributed by atoms with E-state index in [0.29, 0.717) is 5.11 Å². The zero-order valence-electron chi connectivity index (χ0n) is 22.7. The van der Waals surface area contributed by atoms with Gasteiger partial charge in [-0.15, -0.1) is 0 Å². The summed E-state index contributed by atoms with van der Waals surface area (Å²) in [6, 6.07) is 34.7. The SMILES string of the molecule is Cc1ccccc1Oc1ccc(N2C(=S)N[C@H](c3ccccn3)[C@H]2c2cccn2-c2ccc(N(C)C)cc2)cc1. The molecule has 1 fully saturated rings. The van der Waals surface area contributed by atoms with Crippen molar-refractivity contribution >= 4 is 28.7 Å². The molecule has 7 heteroatoms. The average molecular weight is 546 g/mol. The highest BCUT2D eigenvalue weighted by atomic mass is 32.1. The van der Waals surface area contributed by atoms with Gasteiger partial charge in [-0.05, 0) is 104 Å². The number of pyridine rings is 1. The molecule has 1 saturated heterocycles. The van der Waals surface area contributed by atoms with Crippen LogP contribution >= 0.6 is 12.2 Å². The van der Waals surface area contributed by atoms with Crippen LogP contribution in [0, 0.1) is 6.92 Å². The van der Waals surface area contributed by atoms with E-state index in [0.717, 1.165) is 45.5 Å². The minimum atomic E-state index is -0.133. The van der Waals surface area contributed by atoms with E-state index in [-0.39, 0.29) is 12.1 Å². The molecule has 6 nitrogen and oxygen atoms in total. The summed E-state index contributed by atoms with van der Waals surface area (Å²) in [6.07, 6.45) is 3.94. The molecule has 1 aliphatic heterocycles. The molecule has 0 spiro atoms. The Bertz CT molecular complexity index is 1610. The second-order valence-electron chi connectivity index (χ2n) is 10.1. The lowest BCUT2D eigenvalue weighted by Gasteiger charge is -2.29. The minimum absolute atomic E-state index is 0.130. The number of para-hydroxylation sites is 1. The Morgan fingerprint density at radius 1 is 0.825 bits per heavy atom. The van der Waals surface area contributed by atoms with E-state index in [9.17, 15) is 0 Å². The highest BCUT2D eigenvalue weighted by Gasteiger charge is 2.42. The van der Waals surface area contributed by atoms with Crippen molar-refractivity contribution in [3.63, 3.8) is 0 Å². The van der Waals surface area contributed by atoms with Crippen LogP contribution in [0.1, 0.15) is 29.0 Å². The number of thiocarbonyl (C=S) groups is 1. The van der Waals surface area contributed by atoms with Gasteiger partial charge >= 0.3 is 0 Å². The highest BCUT2D eigenvalue weighted by molar-refractivity contribution is 7.80. The van der Waals surface area contributed by atoms with Gasteiger partial charge in [0.1, 0.15) is 17.5 Å². The molecule has 200 valence electrons. The van der Waals surface area contributed by atoms with Crippen LogP contribution in [-0.2, 0) is 0 Å². The molecule has 0 aliphatic carbocycles. The normalized spacial score (nSPS) is 16.6. The van der Waals surface area contributed by atoms with Crippen molar-refractivity contribution in [1.29, 1.82) is 0 Å². The molecule has 0 bridgehead atoms. The van der Waals surface area contributed by atoms with Crippen LogP contribution < -0.4 is 19.9 Å². The zero-order chi connectivity index (χ0) is 27.6. The molecule has 2 atom stereocenters. The number of nitrogens with zero attached hydrogens (tertiary/aromatic N) is 4. The van der Waals surface area contributed by atoms with Gasteiger partial charge in [-0.1, -0.05) is 24.3 Å². The second kappa shape index (κ2) is 10.9. The number of anilines is 2. The smallest absolute Gasteiger partial charge is 0.174 e. The van der Waals surface area contributed by atoms with Gasteiger partial charge in [-0.25, -0.2) is 0 Å². The summed E-state index contributed by atoms with van der Waals surface area (Å²) in [5, 5.41) is 4.22. The van der Waals surface area contributed by atoms with Crippen LogP contribution in [0.4, 0.5) is 11.4 Å². The van der Waals surface area contributed by atoms with Gasteiger partial charge < -0.3 is 24.4 Å². The van der Waals surface area contributed by atoms with E-state index >= 15 is 0 Å². The molecule has 3 aromatic carbocycles. The third-order valence-electron chi connectivity index (χ3n) is 7.26. The van der Waals surface area contributed by atoms with Crippen molar-refractivity contribution < 1.29 is 4.74 Å². The van der Waals surface area contributed by atoms with Crippen molar-refractivity contribution in [2.75, 3.05) is 23.9 Å². The van der Waals surface area contributed by atoms with E-state index in [2.05, 4.69) is 80.5 Å². The molecule has 6 rings (SSSR count). The van der Waals surface area contributed by atoms with E-state index in [1.807, 2.05) is 75.7 Å². The first-order valence-corrected chi connectivity index (χ1v) is 13.7. The van der Waals surface area contributed by atoms with Gasteiger partial charge in [0.05, 0.1) is 11.7 Å². The fraction of sp³-hybridized carbons (Fsp3) is 0.152. The number of rotatable bonds is 7. The van der Waals surface area contributed by atoms with Crippen molar-refractivity contribution in [2.24, 2.45) is 0 Å². The van der Waals surface area contributed by atoms with Crippen molar-refractivity contribution in [2.45, 2.75) is 19.0 Å². The van der Waals surface area contributed by atoms with Crippen molar-refractivity contribution in [3.8, 4) is 17.2 Å². The number of benzene rings is 3. The Balaban J connectivity index is 1.39. The predicted molar refractivity (Wildman–Crippen MR) is 166 cm³/mol. The van der Waals surface area contributed by atoms with E-state index in [1.165, 1.54) is 0 Å². The molecule has 0 saturated carbocycles. The summed E-state index contributed by atoms with van der Waals surface area (Å²) < 4.78 is 8.40. The topological polar surface area (TPSA) is 45.6 Å². The number of hydrogen-bond acceptors (Lipinski definition) is 4. The number of aryl methyl sites for hydroxylation is 1. The molecule has 5 aromatic rings.